The summed E-state index contributed by atoms with van der Waals surface area (Å²) in [6.45, 7) is 1.62. The van der Waals surface area contributed by atoms with Crippen molar-refractivity contribution in [1.29, 1.82) is 0 Å². The van der Waals surface area contributed by atoms with Gasteiger partial charge in [-0.15, -0.1) is 0 Å². The van der Waals surface area contributed by atoms with Gasteiger partial charge in [-0.3, -0.25) is 24.1 Å². The first-order valence-corrected chi connectivity index (χ1v) is 8.43. The molecular weight excluding hydrogens is 324 g/mol. The summed E-state index contributed by atoms with van der Waals surface area (Å²) in [5, 5.41) is 2.54. The van der Waals surface area contributed by atoms with Crippen LogP contribution in [0.2, 0.25) is 0 Å². The van der Waals surface area contributed by atoms with Crippen LogP contribution in [0.4, 0.5) is 0 Å². The average Bonchev–Trinajstić information content (AvgIpc) is 3.18. The Hall–Kier alpha value is -2.70. The highest BCUT2D eigenvalue weighted by molar-refractivity contribution is 6.23. The summed E-state index contributed by atoms with van der Waals surface area (Å²) in [4.78, 5) is 51.0. The van der Waals surface area contributed by atoms with Crippen LogP contribution in [0.15, 0.2) is 24.3 Å². The molecule has 0 saturated heterocycles. The van der Waals surface area contributed by atoms with E-state index >= 15 is 0 Å². The first kappa shape index (κ1) is 17.1. The zero-order valence-corrected chi connectivity index (χ0v) is 14.0. The normalized spacial score (nSPS) is 18.2. The topological polar surface area (TPSA) is 92.8 Å². The fourth-order valence-corrected chi connectivity index (χ4v) is 3.62. The number of hydrogen-bond donors (Lipinski definition) is 1. The van der Waals surface area contributed by atoms with Crippen molar-refractivity contribution in [2.45, 2.75) is 38.1 Å². The molecular formula is C18H20N2O5. The molecule has 0 aromatic heterocycles. The Bertz CT molecular complexity index is 702. The Morgan fingerprint density at radius 1 is 1.12 bits per heavy atom. The smallest absolute Gasteiger partial charge is 0.325 e. The van der Waals surface area contributed by atoms with E-state index in [1.807, 2.05) is 0 Å². The Morgan fingerprint density at radius 3 is 2.20 bits per heavy atom. The van der Waals surface area contributed by atoms with Crippen LogP contribution >= 0.6 is 0 Å². The molecule has 1 heterocycles. The summed E-state index contributed by atoms with van der Waals surface area (Å²) < 4.78 is 4.81. The quantitative estimate of drug-likeness (QED) is 0.641. The second-order valence-electron chi connectivity index (χ2n) is 6.22. The lowest BCUT2D eigenvalue weighted by atomic mass is 9.93. The van der Waals surface area contributed by atoms with Gasteiger partial charge in [0.15, 0.2) is 0 Å². The third-order valence-corrected chi connectivity index (χ3v) is 4.77. The second kappa shape index (κ2) is 6.66. The Morgan fingerprint density at radius 2 is 1.68 bits per heavy atom. The second-order valence-corrected chi connectivity index (χ2v) is 6.22. The third kappa shape index (κ3) is 2.79. The lowest BCUT2D eigenvalue weighted by Gasteiger charge is -2.35. The number of imide groups is 1. The number of fused-ring (bicyclic) bond motifs is 1. The molecule has 0 spiro atoms. The number of amides is 3. The number of nitrogens with one attached hydrogen (secondary N) is 1. The number of ether oxygens (including phenoxy) is 1. The SMILES string of the molecule is CCOC(=O)CNC(=O)C1(N2C(=O)c3ccccc3C2=O)CCCC1. The number of nitrogens with zero attached hydrogens (tertiary/aromatic N) is 1. The predicted molar refractivity (Wildman–Crippen MR) is 87.8 cm³/mol. The zero-order chi connectivity index (χ0) is 18.0. The van der Waals surface area contributed by atoms with E-state index in [-0.39, 0.29) is 13.2 Å². The molecule has 1 aliphatic carbocycles. The molecule has 132 valence electrons. The molecule has 2 aliphatic rings. The van der Waals surface area contributed by atoms with Crippen LogP contribution < -0.4 is 5.32 Å². The van der Waals surface area contributed by atoms with E-state index in [1.54, 1.807) is 31.2 Å². The molecule has 7 heteroatoms. The van der Waals surface area contributed by atoms with Crippen LogP contribution in [0.5, 0.6) is 0 Å². The fourth-order valence-electron chi connectivity index (χ4n) is 3.62. The Kier molecular flexibility index (Phi) is 4.57. The van der Waals surface area contributed by atoms with Crippen molar-refractivity contribution < 1.29 is 23.9 Å². The van der Waals surface area contributed by atoms with Gasteiger partial charge in [-0.1, -0.05) is 25.0 Å². The number of carbonyl (C=O) groups excluding carboxylic acids is 4. The minimum Gasteiger partial charge on any atom is -0.465 e. The standard InChI is InChI=1S/C18H20N2O5/c1-2-25-14(21)11-19-17(24)18(9-5-6-10-18)20-15(22)12-7-3-4-8-13(12)16(20)23/h3-4,7-8H,2,5-6,9-11H2,1H3,(H,19,24). The summed E-state index contributed by atoms with van der Waals surface area (Å²) in [6.07, 6.45) is 2.26. The summed E-state index contributed by atoms with van der Waals surface area (Å²) in [5.74, 6) is -1.93. The number of hydrogen-bond acceptors (Lipinski definition) is 5. The van der Waals surface area contributed by atoms with E-state index in [0.717, 1.165) is 17.7 Å². The summed E-state index contributed by atoms with van der Waals surface area (Å²) >= 11 is 0. The summed E-state index contributed by atoms with van der Waals surface area (Å²) in [5.41, 5.74) is -0.603. The van der Waals surface area contributed by atoms with Gasteiger partial charge in [-0.25, -0.2) is 0 Å². The molecule has 1 aromatic rings. The molecule has 1 aliphatic heterocycles. The highest BCUT2D eigenvalue weighted by Crippen LogP contribution is 2.40. The molecule has 7 nitrogen and oxygen atoms in total. The predicted octanol–water partition coefficient (Wildman–Crippen LogP) is 1.27. The van der Waals surface area contributed by atoms with E-state index in [9.17, 15) is 19.2 Å². The number of rotatable bonds is 5. The van der Waals surface area contributed by atoms with Crippen molar-refractivity contribution in [2.24, 2.45) is 0 Å². The highest BCUT2D eigenvalue weighted by Gasteiger charge is 2.54. The van der Waals surface area contributed by atoms with Crippen LogP contribution in [0.25, 0.3) is 0 Å². The molecule has 1 saturated carbocycles. The van der Waals surface area contributed by atoms with Crippen molar-refractivity contribution in [1.82, 2.24) is 10.2 Å². The van der Waals surface area contributed by atoms with Gasteiger partial charge in [0.25, 0.3) is 11.8 Å². The first-order chi connectivity index (χ1) is 12.0. The van der Waals surface area contributed by atoms with Gasteiger partial charge < -0.3 is 10.1 Å². The van der Waals surface area contributed by atoms with E-state index < -0.39 is 29.2 Å². The third-order valence-electron chi connectivity index (χ3n) is 4.77. The van der Waals surface area contributed by atoms with Crippen LogP contribution in [-0.2, 0) is 14.3 Å². The van der Waals surface area contributed by atoms with Crippen molar-refractivity contribution in [3.8, 4) is 0 Å². The fraction of sp³-hybridized carbons (Fsp3) is 0.444. The molecule has 1 N–H and O–H groups in total. The van der Waals surface area contributed by atoms with Crippen molar-refractivity contribution in [3.05, 3.63) is 35.4 Å². The van der Waals surface area contributed by atoms with Gasteiger partial charge in [0.2, 0.25) is 5.91 Å². The van der Waals surface area contributed by atoms with Crippen LogP contribution in [0.3, 0.4) is 0 Å². The number of esters is 1. The molecule has 0 bridgehead atoms. The number of carbonyl (C=O) groups is 4. The number of benzene rings is 1. The minimum atomic E-state index is -1.24. The highest BCUT2D eigenvalue weighted by atomic mass is 16.5. The zero-order valence-electron chi connectivity index (χ0n) is 14.0. The van der Waals surface area contributed by atoms with Crippen LogP contribution in [0, 0.1) is 0 Å². The Labute approximate surface area is 145 Å². The molecule has 3 rings (SSSR count). The van der Waals surface area contributed by atoms with Gasteiger partial charge in [-0.05, 0) is 31.9 Å². The lowest BCUT2D eigenvalue weighted by molar-refractivity contribution is -0.144. The molecule has 0 unspecified atom stereocenters. The molecule has 1 aromatic carbocycles. The molecule has 0 radical (unpaired) electrons. The molecule has 1 fully saturated rings. The minimum absolute atomic E-state index is 0.220. The molecule has 3 amide bonds. The van der Waals surface area contributed by atoms with E-state index in [1.165, 1.54) is 0 Å². The van der Waals surface area contributed by atoms with Crippen LogP contribution in [0.1, 0.15) is 53.3 Å². The molecule has 25 heavy (non-hydrogen) atoms. The van der Waals surface area contributed by atoms with Crippen molar-refractivity contribution in [3.63, 3.8) is 0 Å². The maximum Gasteiger partial charge on any atom is 0.325 e. The van der Waals surface area contributed by atoms with Gasteiger partial charge in [-0.2, -0.15) is 0 Å². The van der Waals surface area contributed by atoms with Gasteiger partial charge in [0.05, 0.1) is 17.7 Å². The first-order valence-electron chi connectivity index (χ1n) is 8.43. The van der Waals surface area contributed by atoms with E-state index in [0.29, 0.717) is 24.0 Å². The maximum atomic E-state index is 12.8. The molecule has 0 atom stereocenters. The van der Waals surface area contributed by atoms with E-state index in [2.05, 4.69) is 5.32 Å². The van der Waals surface area contributed by atoms with Crippen molar-refractivity contribution in [2.75, 3.05) is 13.2 Å². The monoisotopic (exact) mass is 344 g/mol. The largest absolute Gasteiger partial charge is 0.465 e. The lowest BCUT2D eigenvalue weighted by Crippen LogP contribution is -2.59. The van der Waals surface area contributed by atoms with Crippen LogP contribution in [-0.4, -0.2) is 47.3 Å². The van der Waals surface area contributed by atoms with Crippen molar-refractivity contribution >= 4 is 23.7 Å². The summed E-state index contributed by atoms with van der Waals surface area (Å²) in [6, 6.07) is 6.56. The Balaban J connectivity index is 1.86. The van der Waals surface area contributed by atoms with E-state index in [4.69, 9.17) is 4.74 Å². The average molecular weight is 344 g/mol. The van der Waals surface area contributed by atoms with Gasteiger partial charge in [0, 0.05) is 0 Å². The maximum absolute atomic E-state index is 12.8. The van der Waals surface area contributed by atoms with Gasteiger partial charge in [0.1, 0.15) is 12.1 Å². The summed E-state index contributed by atoms with van der Waals surface area (Å²) in [7, 11) is 0. The van der Waals surface area contributed by atoms with Gasteiger partial charge >= 0.3 is 5.97 Å².